The molecule has 6 nitrogen and oxygen atoms in total. The molecule has 1 aliphatic carbocycles. The third-order valence-electron chi connectivity index (χ3n) is 4.63. The minimum atomic E-state index is -0.613. The van der Waals surface area contributed by atoms with Crippen molar-refractivity contribution in [2.75, 3.05) is 12.3 Å². The number of fused-ring (bicyclic) bond motifs is 1. The van der Waals surface area contributed by atoms with Gasteiger partial charge in [0.25, 0.3) is 0 Å². The van der Waals surface area contributed by atoms with Crippen LogP contribution in [-0.4, -0.2) is 26.1 Å². The van der Waals surface area contributed by atoms with Crippen molar-refractivity contribution in [3.63, 3.8) is 0 Å². The number of nitrogens with zero attached hydrogens (tertiary/aromatic N) is 4. The Labute approximate surface area is 149 Å². The summed E-state index contributed by atoms with van der Waals surface area (Å²) >= 11 is 0. The summed E-state index contributed by atoms with van der Waals surface area (Å²) in [6.07, 6.45) is 4.89. The van der Waals surface area contributed by atoms with Gasteiger partial charge in [-0.25, -0.2) is 13.8 Å². The topological polar surface area (TPSA) is 78.9 Å². The van der Waals surface area contributed by atoms with Crippen molar-refractivity contribution in [2.45, 2.75) is 32.7 Å². The SMILES string of the molecule is Cc1ccc(F)c(Cn2cnc3c(N)nc(OCCC4CC4)nc32)c1F. The van der Waals surface area contributed by atoms with E-state index in [2.05, 4.69) is 15.0 Å². The lowest BCUT2D eigenvalue weighted by molar-refractivity contribution is 0.280. The number of hydrogen-bond acceptors (Lipinski definition) is 5. The fraction of sp³-hybridized carbons (Fsp3) is 0.389. The molecular formula is C18H19F2N5O. The lowest BCUT2D eigenvalue weighted by Crippen LogP contribution is -2.08. The smallest absolute Gasteiger partial charge is 0.320 e. The molecular weight excluding hydrogens is 340 g/mol. The van der Waals surface area contributed by atoms with Gasteiger partial charge in [0, 0.05) is 5.56 Å². The maximum atomic E-state index is 14.3. The summed E-state index contributed by atoms with van der Waals surface area (Å²) in [5, 5.41) is 0. The highest BCUT2D eigenvalue weighted by Crippen LogP contribution is 2.32. The average molecular weight is 359 g/mol. The fourth-order valence-electron chi connectivity index (χ4n) is 2.88. The molecule has 0 radical (unpaired) electrons. The van der Waals surface area contributed by atoms with Crippen LogP contribution in [0.3, 0.4) is 0 Å². The minimum absolute atomic E-state index is 0.0438. The number of nitrogens with two attached hydrogens (primary N) is 1. The van der Waals surface area contributed by atoms with E-state index in [1.54, 1.807) is 11.5 Å². The zero-order valence-electron chi connectivity index (χ0n) is 14.4. The molecule has 0 spiro atoms. The summed E-state index contributed by atoms with van der Waals surface area (Å²) in [6, 6.07) is 2.82. The van der Waals surface area contributed by atoms with Gasteiger partial charge in [-0.05, 0) is 30.9 Å². The molecule has 0 unspecified atom stereocenters. The molecule has 0 aliphatic heterocycles. The van der Waals surface area contributed by atoms with E-state index >= 15 is 0 Å². The molecule has 0 atom stereocenters. The first-order valence-corrected chi connectivity index (χ1v) is 8.57. The van der Waals surface area contributed by atoms with E-state index in [9.17, 15) is 8.78 Å². The molecule has 0 saturated heterocycles. The predicted molar refractivity (Wildman–Crippen MR) is 92.8 cm³/mol. The van der Waals surface area contributed by atoms with Crippen molar-refractivity contribution in [1.29, 1.82) is 0 Å². The number of rotatable bonds is 6. The maximum Gasteiger partial charge on any atom is 0.320 e. The molecule has 26 heavy (non-hydrogen) atoms. The van der Waals surface area contributed by atoms with Crippen LogP contribution >= 0.6 is 0 Å². The average Bonchev–Trinajstić information content (AvgIpc) is 3.35. The first kappa shape index (κ1) is 16.7. The summed E-state index contributed by atoms with van der Waals surface area (Å²) in [5.74, 6) is -0.276. The molecule has 3 aromatic rings. The molecule has 2 N–H and O–H groups in total. The van der Waals surface area contributed by atoms with Crippen LogP contribution in [0.15, 0.2) is 18.5 Å². The van der Waals surface area contributed by atoms with Gasteiger partial charge in [0.15, 0.2) is 17.0 Å². The number of aryl methyl sites for hydroxylation is 1. The second kappa shape index (κ2) is 6.51. The molecule has 1 aromatic carbocycles. The Morgan fingerprint density at radius 1 is 1.27 bits per heavy atom. The van der Waals surface area contributed by atoms with Gasteiger partial charge in [0.05, 0.1) is 19.5 Å². The number of benzene rings is 1. The van der Waals surface area contributed by atoms with Gasteiger partial charge in [0.1, 0.15) is 11.6 Å². The van der Waals surface area contributed by atoms with Crippen LogP contribution < -0.4 is 10.5 Å². The molecule has 136 valence electrons. The Bertz CT molecular complexity index is 968. The van der Waals surface area contributed by atoms with Crippen molar-refractivity contribution >= 4 is 17.0 Å². The monoisotopic (exact) mass is 359 g/mol. The number of aromatic nitrogens is 4. The minimum Gasteiger partial charge on any atom is -0.463 e. The van der Waals surface area contributed by atoms with Crippen LogP contribution in [0.2, 0.25) is 0 Å². The van der Waals surface area contributed by atoms with Gasteiger partial charge < -0.3 is 15.0 Å². The maximum absolute atomic E-state index is 14.3. The number of nitrogen functional groups attached to an aromatic ring is 1. The quantitative estimate of drug-likeness (QED) is 0.731. The summed E-state index contributed by atoms with van der Waals surface area (Å²) in [4.78, 5) is 12.6. The Hall–Kier alpha value is -2.77. The summed E-state index contributed by atoms with van der Waals surface area (Å²) in [5.41, 5.74) is 7.04. The number of hydrogen-bond donors (Lipinski definition) is 1. The fourth-order valence-corrected chi connectivity index (χ4v) is 2.88. The Morgan fingerprint density at radius 2 is 2.08 bits per heavy atom. The summed E-state index contributed by atoms with van der Waals surface area (Å²) in [7, 11) is 0. The van der Waals surface area contributed by atoms with Crippen molar-refractivity contribution in [2.24, 2.45) is 5.92 Å². The van der Waals surface area contributed by atoms with Crippen LogP contribution in [0.4, 0.5) is 14.6 Å². The van der Waals surface area contributed by atoms with Crippen LogP contribution in [-0.2, 0) is 6.54 Å². The zero-order chi connectivity index (χ0) is 18.3. The predicted octanol–water partition coefficient (Wildman–Crippen LogP) is 3.22. The number of anilines is 1. The highest BCUT2D eigenvalue weighted by molar-refractivity contribution is 5.81. The zero-order valence-corrected chi connectivity index (χ0v) is 14.4. The lowest BCUT2D eigenvalue weighted by Gasteiger charge is -2.10. The van der Waals surface area contributed by atoms with Gasteiger partial charge in [-0.3, -0.25) is 0 Å². The van der Waals surface area contributed by atoms with E-state index in [0.29, 0.717) is 23.3 Å². The van der Waals surface area contributed by atoms with Crippen molar-refractivity contribution in [3.8, 4) is 6.01 Å². The number of imidazole rings is 1. The molecule has 2 heterocycles. The van der Waals surface area contributed by atoms with E-state index in [1.165, 1.54) is 31.3 Å². The molecule has 1 aliphatic rings. The Morgan fingerprint density at radius 3 is 2.85 bits per heavy atom. The van der Waals surface area contributed by atoms with Crippen LogP contribution in [0.5, 0.6) is 6.01 Å². The van der Waals surface area contributed by atoms with Crippen LogP contribution in [0.1, 0.15) is 30.4 Å². The molecule has 4 rings (SSSR count). The first-order valence-electron chi connectivity index (χ1n) is 8.57. The largest absolute Gasteiger partial charge is 0.463 e. The van der Waals surface area contributed by atoms with E-state index in [-0.39, 0.29) is 23.9 Å². The van der Waals surface area contributed by atoms with E-state index in [0.717, 1.165) is 12.3 Å². The van der Waals surface area contributed by atoms with E-state index in [4.69, 9.17) is 10.5 Å². The molecule has 0 bridgehead atoms. The molecule has 8 heteroatoms. The second-order valence-corrected chi connectivity index (χ2v) is 6.67. The Kier molecular flexibility index (Phi) is 4.18. The van der Waals surface area contributed by atoms with E-state index in [1.807, 2.05) is 0 Å². The third-order valence-corrected chi connectivity index (χ3v) is 4.63. The summed E-state index contributed by atoms with van der Waals surface area (Å²) in [6.45, 7) is 2.06. The lowest BCUT2D eigenvalue weighted by atomic mass is 10.1. The standard InChI is InChI=1S/C18H19F2N5O/c1-10-2-5-13(19)12(14(10)20)8-25-9-22-15-16(21)23-18(24-17(15)25)26-7-6-11-3-4-11/h2,5,9,11H,3-4,6-8H2,1H3,(H2,21,23,24). The van der Waals surface area contributed by atoms with Gasteiger partial charge in [-0.15, -0.1) is 0 Å². The molecule has 0 amide bonds. The van der Waals surface area contributed by atoms with Crippen molar-refractivity contribution in [1.82, 2.24) is 19.5 Å². The van der Waals surface area contributed by atoms with Crippen molar-refractivity contribution < 1.29 is 13.5 Å². The summed E-state index contributed by atoms with van der Waals surface area (Å²) < 4.78 is 35.5. The third kappa shape index (κ3) is 3.18. The first-order chi connectivity index (χ1) is 12.5. The van der Waals surface area contributed by atoms with Gasteiger partial charge >= 0.3 is 6.01 Å². The van der Waals surface area contributed by atoms with Crippen LogP contribution in [0.25, 0.3) is 11.2 Å². The molecule has 1 saturated carbocycles. The van der Waals surface area contributed by atoms with Gasteiger partial charge in [-0.2, -0.15) is 9.97 Å². The molecule has 2 aromatic heterocycles. The number of ether oxygens (including phenoxy) is 1. The van der Waals surface area contributed by atoms with E-state index < -0.39 is 11.6 Å². The highest BCUT2D eigenvalue weighted by Gasteiger charge is 2.21. The highest BCUT2D eigenvalue weighted by atomic mass is 19.1. The Balaban J connectivity index is 1.64. The van der Waals surface area contributed by atoms with Crippen LogP contribution in [0, 0.1) is 24.5 Å². The molecule has 1 fully saturated rings. The van der Waals surface area contributed by atoms with Gasteiger partial charge in [0.2, 0.25) is 0 Å². The number of halogens is 2. The second-order valence-electron chi connectivity index (χ2n) is 6.67. The van der Waals surface area contributed by atoms with Crippen molar-refractivity contribution in [3.05, 3.63) is 41.2 Å². The van der Waals surface area contributed by atoms with Gasteiger partial charge in [-0.1, -0.05) is 18.9 Å². The normalized spacial score (nSPS) is 14.1.